The molecule has 1 aliphatic heterocycles. The minimum Gasteiger partial charge on any atom is -0.368 e. The second kappa shape index (κ2) is 7.26. The number of carbonyl (C=O) groups excluding carboxylic acids is 1. The van der Waals surface area contributed by atoms with Gasteiger partial charge in [-0.15, -0.1) is 0 Å². The Bertz CT molecular complexity index is 562. The van der Waals surface area contributed by atoms with Crippen LogP contribution in [0.15, 0.2) is 24.4 Å². The van der Waals surface area contributed by atoms with E-state index >= 15 is 0 Å². The second-order valence-corrected chi connectivity index (χ2v) is 7.28. The van der Waals surface area contributed by atoms with E-state index in [1.165, 1.54) is 0 Å². The Morgan fingerprint density at radius 1 is 1.29 bits per heavy atom. The third-order valence-corrected chi connectivity index (χ3v) is 5.10. The Balaban J connectivity index is 1.56. The van der Waals surface area contributed by atoms with Crippen molar-refractivity contribution in [1.82, 2.24) is 15.6 Å². The van der Waals surface area contributed by atoms with Crippen LogP contribution in [0.2, 0.25) is 0 Å². The summed E-state index contributed by atoms with van der Waals surface area (Å²) in [6.45, 7) is 1.44. The maximum Gasteiger partial charge on any atom is 0.314 e. The van der Waals surface area contributed by atoms with Gasteiger partial charge in [0.05, 0.1) is 11.5 Å². The number of aromatic nitrogens is 1. The summed E-state index contributed by atoms with van der Waals surface area (Å²) in [5, 5.41) is 8.49. The van der Waals surface area contributed by atoms with Crippen molar-refractivity contribution < 1.29 is 13.2 Å². The molecule has 0 saturated carbocycles. The highest BCUT2D eigenvalue weighted by Crippen LogP contribution is 2.17. The highest BCUT2D eigenvalue weighted by Gasteiger charge is 2.27. The molecule has 1 unspecified atom stereocenters. The average molecular weight is 312 g/mol. The summed E-state index contributed by atoms with van der Waals surface area (Å²) in [5.74, 6) is 1.20. The number of nitrogens with one attached hydrogen (secondary N) is 3. The van der Waals surface area contributed by atoms with E-state index in [2.05, 4.69) is 20.9 Å². The van der Waals surface area contributed by atoms with Crippen LogP contribution in [0.1, 0.15) is 6.42 Å². The predicted molar refractivity (Wildman–Crippen MR) is 80.9 cm³/mol. The zero-order valence-corrected chi connectivity index (χ0v) is 12.5. The van der Waals surface area contributed by atoms with Gasteiger partial charge in [0.2, 0.25) is 0 Å². The predicted octanol–water partition coefficient (Wildman–Crippen LogP) is 0.227. The van der Waals surface area contributed by atoms with Crippen molar-refractivity contribution in [2.24, 2.45) is 5.92 Å². The number of amides is 2. The van der Waals surface area contributed by atoms with Crippen molar-refractivity contribution in [3.8, 4) is 0 Å². The molecule has 0 aliphatic carbocycles. The van der Waals surface area contributed by atoms with Gasteiger partial charge in [0.1, 0.15) is 5.82 Å². The van der Waals surface area contributed by atoms with E-state index in [0.29, 0.717) is 26.1 Å². The second-order valence-electron chi connectivity index (χ2n) is 5.05. The van der Waals surface area contributed by atoms with Crippen LogP contribution >= 0.6 is 0 Å². The van der Waals surface area contributed by atoms with Crippen LogP contribution in [-0.2, 0) is 9.84 Å². The number of urea groups is 1. The van der Waals surface area contributed by atoms with Gasteiger partial charge in [0.15, 0.2) is 9.84 Å². The average Bonchev–Trinajstić information content (AvgIpc) is 2.82. The molecule has 2 rings (SSSR count). The molecule has 21 heavy (non-hydrogen) atoms. The lowest BCUT2D eigenvalue weighted by Crippen LogP contribution is -2.40. The zero-order valence-electron chi connectivity index (χ0n) is 11.7. The van der Waals surface area contributed by atoms with Gasteiger partial charge >= 0.3 is 6.03 Å². The molecule has 8 heteroatoms. The van der Waals surface area contributed by atoms with Gasteiger partial charge in [-0.3, -0.25) is 0 Å². The number of pyridine rings is 1. The Morgan fingerprint density at radius 3 is 2.81 bits per heavy atom. The van der Waals surface area contributed by atoms with Crippen molar-refractivity contribution in [3.05, 3.63) is 24.4 Å². The van der Waals surface area contributed by atoms with Gasteiger partial charge in [-0.05, 0) is 24.5 Å². The van der Waals surface area contributed by atoms with Crippen LogP contribution in [-0.4, -0.2) is 50.6 Å². The number of hydrogen-bond acceptors (Lipinski definition) is 5. The van der Waals surface area contributed by atoms with Crippen LogP contribution < -0.4 is 16.0 Å². The summed E-state index contributed by atoms with van der Waals surface area (Å²) >= 11 is 0. The van der Waals surface area contributed by atoms with E-state index in [1.54, 1.807) is 6.20 Å². The lowest BCUT2D eigenvalue weighted by molar-refractivity contribution is 0.239. The van der Waals surface area contributed by atoms with Gasteiger partial charge in [-0.25, -0.2) is 18.2 Å². The first-order chi connectivity index (χ1) is 10.1. The van der Waals surface area contributed by atoms with Crippen LogP contribution in [0.25, 0.3) is 0 Å². The van der Waals surface area contributed by atoms with Crippen molar-refractivity contribution >= 4 is 21.7 Å². The van der Waals surface area contributed by atoms with Crippen LogP contribution in [0, 0.1) is 5.92 Å². The molecule has 2 amide bonds. The molecule has 0 bridgehead atoms. The van der Waals surface area contributed by atoms with Crippen molar-refractivity contribution in [2.75, 3.05) is 36.5 Å². The summed E-state index contributed by atoms with van der Waals surface area (Å²) in [6.07, 6.45) is 2.32. The van der Waals surface area contributed by atoms with E-state index in [1.807, 2.05) is 18.2 Å². The van der Waals surface area contributed by atoms with Crippen molar-refractivity contribution in [1.29, 1.82) is 0 Å². The number of nitrogens with zero attached hydrogens (tertiary/aromatic N) is 1. The zero-order chi connectivity index (χ0) is 15.1. The summed E-state index contributed by atoms with van der Waals surface area (Å²) < 4.78 is 22.6. The van der Waals surface area contributed by atoms with Crippen molar-refractivity contribution in [3.63, 3.8) is 0 Å². The number of hydrogen-bond donors (Lipinski definition) is 3. The van der Waals surface area contributed by atoms with E-state index in [4.69, 9.17) is 0 Å². The molecule has 1 fully saturated rings. The third-order valence-electron chi connectivity index (χ3n) is 3.26. The third kappa shape index (κ3) is 5.58. The van der Waals surface area contributed by atoms with Crippen LogP contribution in [0.4, 0.5) is 10.6 Å². The Morgan fingerprint density at radius 2 is 2.14 bits per heavy atom. The van der Waals surface area contributed by atoms with Gasteiger partial charge in [0, 0.05) is 25.8 Å². The van der Waals surface area contributed by atoms with Crippen LogP contribution in [0.3, 0.4) is 0 Å². The topological polar surface area (TPSA) is 100 Å². The molecule has 3 N–H and O–H groups in total. The van der Waals surface area contributed by atoms with Gasteiger partial charge in [0.25, 0.3) is 0 Å². The molecule has 1 aromatic heterocycles. The number of anilines is 1. The van der Waals surface area contributed by atoms with Crippen LogP contribution in [0.5, 0.6) is 0 Å². The standard InChI is InChI=1S/C13H20N4O3S/c18-13(17-9-11-4-8-21(19,20)10-11)16-7-6-15-12-3-1-2-5-14-12/h1-3,5,11H,4,6-10H2,(H,14,15)(H2,16,17,18). The molecule has 2 heterocycles. The largest absolute Gasteiger partial charge is 0.368 e. The van der Waals surface area contributed by atoms with Gasteiger partial charge in [-0.2, -0.15) is 0 Å². The number of rotatable bonds is 6. The maximum absolute atomic E-state index is 11.6. The molecule has 0 aromatic carbocycles. The van der Waals surface area contributed by atoms with Crippen molar-refractivity contribution in [2.45, 2.75) is 6.42 Å². The van der Waals surface area contributed by atoms with Gasteiger partial charge < -0.3 is 16.0 Å². The molecule has 0 spiro atoms. The van der Waals surface area contributed by atoms with E-state index < -0.39 is 9.84 Å². The fourth-order valence-electron chi connectivity index (χ4n) is 2.17. The van der Waals surface area contributed by atoms with Gasteiger partial charge in [-0.1, -0.05) is 6.07 Å². The first kappa shape index (κ1) is 15.6. The quantitative estimate of drug-likeness (QED) is 0.653. The summed E-state index contributed by atoms with van der Waals surface area (Å²) in [6, 6.07) is 5.29. The summed E-state index contributed by atoms with van der Waals surface area (Å²) in [4.78, 5) is 15.7. The molecular formula is C13H20N4O3S. The van der Waals surface area contributed by atoms with E-state index in [9.17, 15) is 13.2 Å². The fraction of sp³-hybridized carbons (Fsp3) is 0.538. The molecule has 7 nitrogen and oxygen atoms in total. The minimum absolute atomic E-state index is 0.0346. The Labute approximate surface area is 124 Å². The minimum atomic E-state index is -2.88. The highest BCUT2D eigenvalue weighted by atomic mass is 32.2. The Hall–Kier alpha value is -1.83. The molecule has 116 valence electrons. The SMILES string of the molecule is O=C(NCCNc1ccccn1)NCC1CCS(=O)(=O)C1. The number of carbonyl (C=O) groups is 1. The monoisotopic (exact) mass is 312 g/mol. The summed E-state index contributed by atoms with van der Waals surface area (Å²) in [5.41, 5.74) is 0. The maximum atomic E-state index is 11.6. The molecule has 1 atom stereocenters. The first-order valence-corrected chi connectivity index (χ1v) is 8.74. The molecule has 1 aromatic rings. The smallest absolute Gasteiger partial charge is 0.314 e. The normalized spacial score (nSPS) is 19.9. The summed E-state index contributed by atoms with van der Waals surface area (Å²) in [7, 11) is -2.88. The lowest BCUT2D eigenvalue weighted by Gasteiger charge is -2.11. The molecule has 1 aliphatic rings. The fourth-order valence-corrected chi connectivity index (χ4v) is 4.03. The lowest BCUT2D eigenvalue weighted by atomic mass is 10.1. The molecule has 0 radical (unpaired) electrons. The van der Waals surface area contributed by atoms with E-state index in [0.717, 1.165) is 5.82 Å². The van der Waals surface area contributed by atoms with E-state index in [-0.39, 0.29) is 23.5 Å². The Kier molecular flexibility index (Phi) is 5.38. The first-order valence-electron chi connectivity index (χ1n) is 6.92. The molecule has 1 saturated heterocycles. The number of sulfone groups is 1. The highest BCUT2D eigenvalue weighted by molar-refractivity contribution is 7.91. The molecular weight excluding hydrogens is 292 g/mol.